The number of hydrogen-bond donors (Lipinski definition) is 0. The van der Waals surface area contributed by atoms with Crippen LogP contribution in [0.5, 0.6) is 5.75 Å². The lowest BCUT2D eigenvalue weighted by Gasteiger charge is -2.09. The molecule has 8 heteroatoms. The molecule has 0 aliphatic heterocycles. The number of furan rings is 1. The first-order valence-corrected chi connectivity index (χ1v) is 9.19. The Hall–Kier alpha value is -2.83. The lowest BCUT2D eigenvalue weighted by atomic mass is 9.99. The SMILES string of the molecule is COc1ccc(CCc2c(Cl)cncc2Cl)c2c1oc1ccc([N+](=O)[O-])cc12. The van der Waals surface area contributed by atoms with Gasteiger partial charge in [-0.2, -0.15) is 0 Å². The van der Waals surface area contributed by atoms with Crippen LogP contribution < -0.4 is 4.74 Å². The highest BCUT2D eigenvalue weighted by Gasteiger charge is 2.19. The molecule has 0 aliphatic carbocycles. The van der Waals surface area contributed by atoms with Crippen LogP contribution in [0.2, 0.25) is 10.0 Å². The van der Waals surface area contributed by atoms with E-state index in [0.717, 1.165) is 16.5 Å². The number of halogens is 2. The fraction of sp³-hybridized carbons (Fsp3) is 0.150. The molecule has 4 aromatic rings. The van der Waals surface area contributed by atoms with Crippen molar-refractivity contribution in [1.29, 1.82) is 0 Å². The largest absolute Gasteiger partial charge is 0.493 e. The second kappa shape index (κ2) is 7.30. The predicted molar refractivity (Wildman–Crippen MR) is 109 cm³/mol. The Morgan fingerprint density at radius 1 is 1.14 bits per heavy atom. The van der Waals surface area contributed by atoms with Gasteiger partial charge in [-0.25, -0.2) is 0 Å². The van der Waals surface area contributed by atoms with Crippen molar-refractivity contribution in [2.24, 2.45) is 0 Å². The number of aromatic nitrogens is 1. The molecule has 28 heavy (non-hydrogen) atoms. The third-order valence-corrected chi connectivity index (χ3v) is 5.33. The molecule has 0 N–H and O–H groups in total. The summed E-state index contributed by atoms with van der Waals surface area (Å²) in [6.45, 7) is 0. The number of benzene rings is 2. The zero-order valence-electron chi connectivity index (χ0n) is 14.7. The van der Waals surface area contributed by atoms with Crippen molar-refractivity contribution in [3.8, 4) is 5.75 Å². The Labute approximate surface area is 169 Å². The molecule has 0 amide bonds. The van der Waals surface area contributed by atoms with Crippen molar-refractivity contribution in [2.75, 3.05) is 7.11 Å². The van der Waals surface area contributed by atoms with Crippen LogP contribution >= 0.6 is 23.2 Å². The minimum absolute atomic E-state index is 0.00388. The first-order chi connectivity index (χ1) is 13.5. The van der Waals surface area contributed by atoms with E-state index in [2.05, 4.69) is 4.98 Å². The van der Waals surface area contributed by atoms with Gasteiger partial charge in [0, 0.05) is 35.3 Å². The molecule has 0 unspecified atom stereocenters. The first-order valence-electron chi connectivity index (χ1n) is 8.44. The van der Waals surface area contributed by atoms with E-state index in [-0.39, 0.29) is 5.69 Å². The van der Waals surface area contributed by atoms with E-state index in [1.54, 1.807) is 25.6 Å². The molecule has 0 bridgehead atoms. The van der Waals surface area contributed by atoms with Gasteiger partial charge in [-0.3, -0.25) is 15.1 Å². The fourth-order valence-electron chi connectivity index (χ4n) is 3.33. The normalized spacial score (nSPS) is 11.2. The van der Waals surface area contributed by atoms with Crippen molar-refractivity contribution < 1.29 is 14.1 Å². The van der Waals surface area contributed by atoms with Crippen molar-refractivity contribution >= 4 is 50.8 Å². The molecule has 0 fully saturated rings. The topological polar surface area (TPSA) is 78.4 Å². The zero-order chi connectivity index (χ0) is 19.8. The molecule has 0 saturated heterocycles. The number of non-ortho nitro benzene ring substituents is 1. The average molecular weight is 417 g/mol. The van der Waals surface area contributed by atoms with E-state index < -0.39 is 4.92 Å². The number of rotatable bonds is 5. The fourth-order valence-corrected chi connectivity index (χ4v) is 3.89. The maximum atomic E-state index is 11.2. The molecule has 4 rings (SSSR count). The van der Waals surface area contributed by atoms with Gasteiger partial charge in [0.25, 0.3) is 5.69 Å². The smallest absolute Gasteiger partial charge is 0.270 e. The molecular formula is C20H14Cl2N2O4. The summed E-state index contributed by atoms with van der Waals surface area (Å²) < 4.78 is 11.4. The second-order valence-electron chi connectivity index (χ2n) is 6.25. The summed E-state index contributed by atoms with van der Waals surface area (Å²) in [5.41, 5.74) is 2.89. The number of pyridine rings is 1. The number of fused-ring (bicyclic) bond motifs is 3. The molecule has 2 heterocycles. The van der Waals surface area contributed by atoms with E-state index in [9.17, 15) is 10.1 Å². The van der Waals surface area contributed by atoms with Gasteiger partial charge in [-0.1, -0.05) is 29.3 Å². The first kappa shape index (κ1) is 18.5. The summed E-state index contributed by atoms with van der Waals surface area (Å²) in [6, 6.07) is 8.30. The van der Waals surface area contributed by atoms with E-state index in [1.165, 1.54) is 12.1 Å². The van der Waals surface area contributed by atoms with E-state index in [4.69, 9.17) is 32.4 Å². The summed E-state index contributed by atoms with van der Waals surface area (Å²) >= 11 is 12.5. The van der Waals surface area contributed by atoms with Gasteiger partial charge in [-0.15, -0.1) is 0 Å². The van der Waals surface area contributed by atoms with Gasteiger partial charge in [0.1, 0.15) is 5.58 Å². The molecular weight excluding hydrogens is 403 g/mol. The second-order valence-corrected chi connectivity index (χ2v) is 7.07. The maximum Gasteiger partial charge on any atom is 0.270 e. The number of aryl methyl sites for hydroxylation is 1. The number of nitro groups is 1. The van der Waals surface area contributed by atoms with Gasteiger partial charge in [0.15, 0.2) is 11.3 Å². The van der Waals surface area contributed by atoms with Gasteiger partial charge in [0.05, 0.1) is 22.1 Å². The van der Waals surface area contributed by atoms with Crippen LogP contribution in [0.25, 0.3) is 21.9 Å². The van der Waals surface area contributed by atoms with Gasteiger partial charge in [-0.05, 0) is 36.1 Å². The molecule has 0 radical (unpaired) electrons. The predicted octanol–water partition coefficient (Wildman–Crippen LogP) is 5.99. The summed E-state index contributed by atoms with van der Waals surface area (Å²) in [5, 5.41) is 13.7. The number of hydrogen-bond acceptors (Lipinski definition) is 5. The molecule has 0 atom stereocenters. The Kier molecular flexibility index (Phi) is 4.83. The average Bonchev–Trinajstić information content (AvgIpc) is 3.06. The Morgan fingerprint density at radius 3 is 2.57 bits per heavy atom. The van der Waals surface area contributed by atoms with Crippen LogP contribution in [0.15, 0.2) is 47.1 Å². The van der Waals surface area contributed by atoms with Gasteiger partial charge < -0.3 is 9.15 Å². The van der Waals surface area contributed by atoms with Crippen LogP contribution in [0.1, 0.15) is 11.1 Å². The molecule has 142 valence electrons. The number of nitro benzene ring substituents is 1. The minimum atomic E-state index is -0.422. The van der Waals surface area contributed by atoms with Crippen LogP contribution in [0.4, 0.5) is 5.69 Å². The third-order valence-electron chi connectivity index (χ3n) is 4.68. The standard InChI is InChI=1S/C20H14Cl2N2O4/c1-27-18-6-3-11(2-5-13-15(21)9-23-10-16(13)22)19-14-8-12(24(25)26)4-7-17(14)28-20(18)19/h3-4,6-10H,2,5H2,1H3. The minimum Gasteiger partial charge on any atom is -0.493 e. The van der Waals surface area contributed by atoms with Crippen molar-refractivity contribution in [3.05, 3.63) is 74.0 Å². The van der Waals surface area contributed by atoms with E-state index in [1.807, 2.05) is 12.1 Å². The molecule has 2 aromatic carbocycles. The highest BCUT2D eigenvalue weighted by Crippen LogP contribution is 2.39. The van der Waals surface area contributed by atoms with E-state index in [0.29, 0.717) is 45.2 Å². The van der Waals surface area contributed by atoms with Crippen LogP contribution in [0.3, 0.4) is 0 Å². The molecule has 0 saturated carbocycles. The molecule has 0 aliphatic rings. The summed E-state index contributed by atoms with van der Waals surface area (Å²) in [7, 11) is 1.56. The number of ether oxygens (including phenoxy) is 1. The van der Waals surface area contributed by atoms with E-state index >= 15 is 0 Å². The maximum absolute atomic E-state index is 11.2. The van der Waals surface area contributed by atoms with Crippen molar-refractivity contribution in [3.63, 3.8) is 0 Å². The van der Waals surface area contributed by atoms with Gasteiger partial charge in [0.2, 0.25) is 0 Å². The van der Waals surface area contributed by atoms with Crippen LogP contribution in [0, 0.1) is 10.1 Å². The molecule has 6 nitrogen and oxygen atoms in total. The molecule has 0 spiro atoms. The van der Waals surface area contributed by atoms with Gasteiger partial charge >= 0.3 is 0 Å². The third kappa shape index (κ3) is 3.15. The van der Waals surface area contributed by atoms with Crippen LogP contribution in [-0.2, 0) is 12.8 Å². The van der Waals surface area contributed by atoms with Crippen molar-refractivity contribution in [2.45, 2.75) is 12.8 Å². The summed E-state index contributed by atoms with van der Waals surface area (Å²) in [6.07, 6.45) is 4.32. The quantitative estimate of drug-likeness (QED) is 0.294. The lowest BCUT2D eigenvalue weighted by molar-refractivity contribution is -0.384. The Morgan fingerprint density at radius 2 is 1.89 bits per heavy atom. The lowest BCUT2D eigenvalue weighted by Crippen LogP contribution is -1.96. The highest BCUT2D eigenvalue weighted by atomic mass is 35.5. The molecule has 2 aromatic heterocycles. The Bertz CT molecular complexity index is 1200. The zero-order valence-corrected chi connectivity index (χ0v) is 16.3. The summed E-state index contributed by atoms with van der Waals surface area (Å²) in [4.78, 5) is 14.8. The monoisotopic (exact) mass is 416 g/mol. The number of methoxy groups -OCH3 is 1. The van der Waals surface area contributed by atoms with Crippen molar-refractivity contribution in [1.82, 2.24) is 4.98 Å². The van der Waals surface area contributed by atoms with Crippen LogP contribution in [-0.4, -0.2) is 17.0 Å². The highest BCUT2D eigenvalue weighted by molar-refractivity contribution is 6.35. The summed E-state index contributed by atoms with van der Waals surface area (Å²) in [5.74, 6) is 0.567. The Balaban J connectivity index is 1.86. The number of nitrogens with zero attached hydrogens (tertiary/aromatic N) is 2.